The number of carbonyl (C=O) groups is 2. The summed E-state index contributed by atoms with van der Waals surface area (Å²) in [5.74, 6) is 1.05. The highest BCUT2D eigenvalue weighted by atomic mass is 16.6. The minimum atomic E-state index is -0.805. The van der Waals surface area contributed by atoms with Gasteiger partial charge in [-0.25, -0.2) is 0 Å². The highest BCUT2D eigenvalue weighted by Crippen LogP contribution is 2.64. The molecule has 0 radical (unpaired) electrons. The third-order valence-corrected chi connectivity index (χ3v) is 7.54. The van der Waals surface area contributed by atoms with Gasteiger partial charge < -0.3 is 4.74 Å². The number of fused-ring (bicyclic) bond motifs is 4. The van der Waals surface area contributed by atoms with Crippen molar-refractivity contribution in [3.63, 3.8) is 0 Å². The molecule has 0 aromatic heterocycles. The van der Waals surface area contributed by atoms with Crippen LogP contribution in [0.4, 0.5) is 0 Å². The Morgan fingerprint density at radius 2 is 1.91 bits per heavy atom. The molecule has 4 aliphatic rings. The number of allylic oxidation sites excluding steroid dienone is 2. The number of ether oxygens (including phenoxy) is 1. The van der Waals surface area contributed by atoms with E-state index >= 15 is 0 Å². The molecule has 126 valence electrons. The molecule has 3 heteroatoms. The Bertz CT molecular complexity index is 633. The fourth-order valence-corrected chi connectivity index (χ4v) is 5.81. The number of hydrogen-bond acceptors (Lipinski definition) is 3. The van der Waals surface area contributed by atoms with Crippen LogP contribution in [0.25, 0.3) is 0 Å². The van der Waals surface area contributed by atoms with Crippen LogP contribution in [0.15, 0.2) is 11.6 Å². The number of ketones is 2. The number of rotatable bonds is 1. The zero-order chi connectivity index (χ0) is 16.8. The van der Waals surface area contributed by atoms with E-state index in [9.17, 15) is 9.59 Å². The summed E-state index contributed by atoms with van der Waals surface area (Å²) < 4.78 is 5.93. The van der Waals surface area contributed by atoms with Gasteiger partial charge in [0.2, 0.25) is 0 Å². The highest BCUT2D eigenvalue weighted by Gasteiger charge is 2.67. The maximum absolute atomic E-state index is 13.1. The maximum Gasteiger partial charge on any atom is 0.169 e. The summed E-state index contributed by atoms with van der Waals surface area (Å²) in [6, 6.07) is 0. The molecular formula is C20H28O3. The molecule has 1 heterocycles. The zero-order valence-electron chi connectivity index (χ0n) is 14.9. The summed E-state index contributed by atoms with van der Waals surface area (Å²) in [5.41, 5.74) is 0.395. The summed E-state index contributed by atoms with van der Waals surface area (Å²) in [7, 11) is 0. The Morgan fingerprint density at radius 3 is 2.57 bits per heavy atom. The Labute approximate surface area is 138 Å². The predicted molar refractivity (Wildman–Crippen MR) is 87.9 cm³/mol. The summed E-state index contributed by atoms with van der Waals surface area (Å²) >= 11 is 0. The molecule has 3 nitrogen and oxygen atoms in total. The minimum Gasteiger partial charge on any atom is -0.366 e. The minimum absolute atomic E-state index is 0.0180. The van der Waals surface area contributed by atoms with E-state index in [1.54, 1.807) is 0 Å². The molecule has 6 atom stereocenters. The van der Waals surface area contributed by atoms with E-state index in [4.69, 9.17) is 4.74 Å². The molecule has 0 aromatic rings. The Hall–Kier alpha value is -0.960. The van der Waals surface area contributed by atoms with Gasteiger partial charge in [0.1, 0.15) is 5.78 Å². The number of Topliss-reactive ketones (excluding diaryl/α,β-unsaturated/α-hetero) is 1. The van der Waals surface area contributed by atoms with Crippen molar-refractivity contribution in [1.29, 1.82) is 0 Å². The van der Waals surface area contributed by atoms with Gasteiger partial charge in [-0.3, -0.25) is 9.59 Å². The first-order valence-electron chi connectivity index (χ1n) is 9.09. The fraction of sp³-hybridized carbons (Fsp3) is 0.800. The lowest BCUT2D eigenvalue weighted by Gasteiger charge is -2.51. The molecule has 1 aliphatic heterocycles. The van der Waals surface area contributed by atoms with Crippen molar-refractivity contribution in [1.82, 2.24) is 0 Å². The number of hydrogen-bond donors (Lipinski definition) is 0. The lowest BCUT2D eigenvalue weighted by atomic mass is 9.50. The largest absolute Gasteiger partial charge is 0.366 e. The lowest BCUT2D eigenvalue weighted by Crippen LogP contribution is -2.54. The van der Waals surface area contributed by atoms with Crippen LogP contribution in [0.2, 0.25) is 0 Å². The molecule has 3 aliphatic carbocycles. The highest BCUT2D eigenvalue weighted by molar-refractivity contribution is 6.15. The molecule has 2 saturated carbocycles. The van der Waals surface area contributed by atoms with Crippen molar-refractivity contribution >= 4 is 11.6 Å². The summed E-state index contributed by atoms with van der Waals surface area (Å²) in [6.07, 6.45) is 5.73. The SMILES string of the molecule is CC(C)C1=CC(=O)C2(C)C(=O)CC3(C)CC4OC4(C)CCC3C12. The van der Waals surface area contributed by atoms with E-state index in [1.807, 2.05) is 13.0 Å². The molecule has 0 aromatic carbocycles. The third kappa shape index (κ3) is 1.86. The van der Waals surface area contributed by atoms with E-state index < -0.39 is 5.41 Å². The van der Waals surface area contributed by atoms with Gasteiger partial charge in [0.25, 0.3) is 0 Å². The van der Waals surface area contributed by atoms with E-state index in [0.29, 0.717) is 24.4 Å². The molecule has 0 spiro atoms. The molecule has 1 saturated heterocycles. The summed E-state index contributed by atoms with van der Waals surface area (Å²) in [4.78, 5) is 25.8. The molecule has 0 amide bonds. The second-order valence-corrected chi connectivity index (χ2v) is 9.37. The van der Waals surface area contributed by atoms with Crippen LogP contribution < -0.4 is 0 Å². The van der Waals surface area contributed by atoms with Crippen LogP contribution in [-0.2, 0) is 14.3 Å². The second-order valence-electron chi connectivity index (χ2n) is 9.37. The smallest absolute Gasteiger partial charge is 0.169 e. The average Bonchev–Trinajstić information content (AvgIpc) is 2.99. The molecule has 0 N–H and O–H groups in total. The zero-order valence-corrected chi connectivity index (χ0v) is 14.9. The van der Waals surface area contributed by atoms with Gasteiger partial charge in [-0.1, -0.05) is 26.3 Å². The molecular weight excluding hydrogens is 288 g/mol. The first-order chi connectivity index (χ1) is 10.6. The van der Waals surface area contributed by atoms with Crippen LogP contribution in [0.3, 0.4) is 0 Å². The summed E-state index contributed by atoms with van der Waals surface area (Å²) in [5, 5.41) is 0. The first kappa shape index (κ1) is 15.6. The number of epoxide rings is 1. The van der Waals surface area contributed by atoms with Crippen LogP contribution in [-0.4, -0.2) is 23.3 Å². The van der Waals surface area contributed by atoms with E-state index in [0.717, 1.165) is 19.3 Å². The first-order valence-corrected chi connectivity index (χ1v) is 9.09. The van der Waals surface area contributed by atoms with E-state index in [1.165, 1.54) is 5.57 Å². The number of carbonyl (C=O) groups excluding carboxylic acids is 2. The van der Waals surface area contributed by atoms with Crippen molar-refractivity contribution in [3.8, 4) is 0 Å². The van der Waals surface area contributed by atoms with Crippen LogP contribution in [0.5, 0.6) is 0 Å². The van der Waals surface area contributed by atoms with Crippen LogP contribution in [0, 0.1) is 28.6 Å². The van der Waals surface area contributed by atoms with Crippen LogP contribution >= 0.6 is 0 Å². The van der Waals surface area contributed by atoms with Gasteiger partial charge in [0.15, 0.2) is 5.78 Å². The topological polar surface area (TPSA) is 46.7 Å². The fourth-order valence-electron chi connectivity index (χ4n) is 5.81. The van der Waals surface area contributed by atoms with E-state index in [2.05, 4.69) is 27.7 Å². The normalized spacial score (nSPS) is 51.7. The predicted octanol–water partition coefficient (Wildman–Crippen LogP) is 3.71. The molecule has 6 unspecified atom stereocenters. The standard InChI is InChI=1S/C20H28O3/c1-11(2)12-8-14(21)20(5)15(22)9-18(3)10-16-19(4,23-16)7-6-13(18)17(12)20/h8,11,13,16-17H,6-7,9-10H2,1-5H3. The Balaban J connectivity index is 1.80. The Kier molecular flexibility index (Phi) is 2.95. The van der Waals surface area contributed by atoms with Crippen molar-refractivity contribution in [2.24, 2.45) is 28.6 Å². The Morgan fingerprint density at radius 1 is 1.22 bits per heavy atom. The van der Waals surface area contributed by atoms with E-state index in [-0.39, 0.29) is 28.5 Å². The summed E-state index contributed by atoms with van der Waals surface area (Å²) in [6.45, 7) is 10.7. The van der Waals surface area contributed by atoms with Gasteiger partial charge in [-0.2, -0.15) is 0 Å². The van der Waals surface area contributed by atoms with Gasteiger partial charge in [-0.15, -0.1) is 0 Å². The third-order valence-electron chi connectivity index (χ3n) is 7.54. The van der Waals surface area contributed by atoms with Crippen molar-refractivity contribution in [3.05, 3.63) is 11.6 Å². The molecule has 3 fully saturated rings. The second kappa shape index (κ2) is 4.36. The van der Waals surface area contributed by atoms with Crippen molar-refractivity contribution in [2.75, 3.05) is 0 Å². The van der Waals surface area contributed by atoms with Gasteiger partial charge in [0.05, 0.1) is 17.1 Å². The van der Waals surface area contributed by atoms with Crippen LogP contribution in [0.1, 0.15) is 60.3 Å². The lowest BCUT2D eigenvalue weighted by molar-refractivity contribution is -0.150. The van der Waals surface area contributed by atoms with Gasteiger partial charge >= 0.3 is 0 Å². The molecule has 4 rings (SSSR count). The monoisotopic (exact) mass is 316 g/mol. The molecule has 23 heavy (non-hydrogen) atoms. The molecule has 0 bridgehead atoms. The van der Waals surface area contributed by atoms with Crippen molar-refractivity contribution in [2.45, 2.75) is 72.0 Å². The van der Waals surface area contributed by atoms with Gasteiger partial charge in [0, 0.05) is 12.3 Å². The maximum atomic E-state index is 13.1. The average molecular weight is 316 g/mol. The van der Waals surface area contributed by atoms with Gasteiger partial charge in [-0.05, 0) is 56.4 Å². The quantitative estimate of drug-likeness (QED) is 0.547. The van der Waals surface area contributed by atoms with Crippen molar-refractivity contribution < 1.29 is 14.3 Å².